The molecule has 0 spiro atoms. The van der Waals surface area contributed by atoms with Gasteiger partial charge in [0.1, 0.15) is 5.75 Å². The lowest BCUT2D eigenvalue weighted by Crippen LogP contribution is -2.45. The molecule has 4 rings (SSSR count). The molecule has 0 saturated carbocycles. The summed E-state index contributed by atoms with van der Waals surface area (Å²) in [6.45, 7) is 4.81. The van der Waals surface area contributed by atoms with E-state index in [1.807, 2.05) is 35.0 Å². The van der Waals surface area contributed by atoms with E-state index in [9.17, 15) is 4.79 Å². The zero-order chi connectivity index (χ0) is 22.9. The van der Waals surface area contributed by atoms with Gasteiger partial charge >= 0.3 is 6.03 Å². The molecule has 1 unspecified atom stereocenters. The lowest BCUT2D eigenvalue weighted by Gasteiger charge is -2.35. The minimum Gasteiger partial charge on any atom is -0.497 e. The van der Waals surface area contributed by atoms with Gasteiger partial charge in [0, 0.05) is 45.1 Å². The summed E-state index contributed by atoms with van der Waals surface area (Å²) in [4.78, 5) is 19.0. The molecule has 3 aromatic rings. The summed E-state index contributed by atoms with van der Waals surface area (Å²) in [6.07, 6.45) is 5.50. The van der Waals surface area contributed by atoms with Crippen LogP contribution in [-0.4, -0.2) is 60.4 Å². The first-order valence-corrected chi connectivity index (χ1v) is 11.2. The van der Waals surface area contributed by atoms with Crippen molar-refractivity contribution in [2.24, 2.45) is 0 Å². The Bertz CT molecular complexity index is 1000. The summed E-state index contributed by atoms with van der Waals surface area (Å²) in [6, 6.07) is 16.1. The number of hydrogen-bond acceptors (Lipinski definition) is 5. The van der Waals surface area contributed by atoms with Gasteiger partial charge in [-0.25, -0.2) is 9.78 Å². The van der Waals surface area contributed by atoms with Gasteiger partial charge in [-0.3, -0.25) is 4.90 Å². The molecule has 1 saturated heterocycles. The van der Waals surface area contributed by atoms with E-state index in [1.165, 1.54) is 5.56 Å². The van der Waals surface area contributed by atoms with Crippen LogP contribution in [0.4, 0.5) is 4.79 Å². The molecule has 8 nitrogen and oxygen atoms in total. The van der Waals surface area contributed by atoms with Crippen LogP contribution in [0.2, 0.25) is 0 Å². The fourth-order valence-corrected chi connectivity index (χ4v) is 4.04. The van der Waals surface area contributed by atoms with Crippen molar-refractivity contribution in [3.8, 4) is 5.75 Å². The number of methoxy groups -OCH3 is 1. The van der Waals surface area contributed by atoms with Crippen LogP contribution in [0.5, 0.6) is 5.75 Å². The van der Waals surface area contributed by atoms with E-state index in [2.05, 4.69) is 44.8 Å². The molecule has 1 fully saturated rings. The SMILES string of the molecule is COc1ccc(C(CNC(=O)NCc2cccc(Cn3ccnc3)c2)N2CCOCC2)cc1. The van der Waals surface area contributed by atoms with Gasteiger partial charge in [0.15, 0.2) is 0 Å². The molecule has 2 N–H and O–H groups in total. The van der Waals surface area contributed by atoms with Gasteiger partial charge in [0.25, 0.3) is 0 Å². The Hall–Kier alpha value is -3.36. The Kier molecular flexibility index (Phi) is 7.94. The fraction of sp³-hybridized carbons (Fsp3) is 0.360. The number of aromatic nitrogens is 2. The topological polar surface area (TPSA) is 80.7 Å². The number of carbonyl (C=O) groups is 1. The fourth-order valence-electron chi connectivity index (χ4n) is 4.04. The number of urea groups is 1. The van der Waals surface area contributed by atoms with Crippen molar-refractivity contribution in [1.82, 2.24) is 25.1 Å². The first kappa shape index (κ1) is 22.8. The van der Waals surface area contributed by atoms with Gasteiger partial charge in [-0.15, -0.1) is 0 Å². The third-order valence-corrected chi connectivity index (χ3v) is 5.81. The third kappa shape index (κ3) is 6.57. The molecule has 1 atom stereocenters. The predicted octanol–water partition coefficient (Wildman–Crippen LogP) is 2.81. The third-order valence-electron chi connectivity index (χ3n) is 5.81. The highest BCUT2D eigenvalue weighted by atomic mass is 16.5. The molecule has 1 aliphatic heterocycles. The molecule has 1 aromatic heterocycles. The lowest BCUT2D eigenvalue weighted by molar-refractivity contribution is 0.0167. The minimum atomic E-state index is -0.179. The van der Waals surface area contributed by atoms with Gasteiger partial charge in [0.2, 0.25) is 0 Å². The number of nitrogens with zero attached hydrogens (tertiary/aromatic N) is 3. The number of morpholine rings is 1. The highest BCUT2D eigenvalue weighted by Crippen LogP contribution is 2.23. The summed E-state index contributed by atoms with van der Waals surface area (Å²) in [5, 5.41) is 6.03. The quantitative estimate of drug-likeness (QED) is 0.525. The molecule has 1 aliphatic rings. The zero-order valence-electron chi connectivity index (χ0n) is 18.9. The second-order valence-electron chi connectivity index (χ2n) is 8.06. The van der Waals surface area contributed by atoms with Crippen LogP contribution in [-0.2, 0) is 17.8 Å². The van der Waals surface area contributed by atoms with Gasteiger partial charge in [-0.2, -0.15) is 0 Å². The molecule has 2 heterocycles. The maximum Gasteiger partial charge on any atom is 0.315 e. The smallest absolute Gasteiger partial charge is 0.315 e. The maximum atomic E-state index is 12.6. The van der Waals surface area contributed by atoms with Crippen LogP contribution < -0.4 is 15.4 Å². The van der Waals surface area contributed by atoms with Crippen molar-refractivity contribution in [3.05, 3.63) is 83.9 Å². The average molecular weight is 450 g/mol. The Morgan fingerprint density at radius 3 is 2.64 bits per heavy atom. The van der Waals surface area contributed by atoms with Crippen molar-refractivity contribution in [2.45, 2.75) is 19.1 Å². The number of imidazole rings is 1. The summed E-state index contributed by atoms with van der Waals surface area (Å²) in [7, 11) is 1.66. The predicted molar refractivity (Wildman–Crippen MR) is 126 cm³/mol. The van der Waals surface area contributed by atoms with E-state index >= 15 is 0 Å². The Labute approximate surface area is 194 Å². The summed E-state index contributed by atoms with van der Waals surface area (Å²) in [5.41, 5.74) is 3.37. The molecule has 0 radical (unpaired) electrons. The number of amides is 2. The number of hydrogen-bond donors (Lipinski definition) is 2. The van der Waals surface area contributed by atoms with Crippen LogP contribution in [0.15, 0.2) is 67.3 Å². The lowest BCUT2D eigenvalue weighted by atomic mass is 10.0. The van der Waals surface area contributed by atoms with Gasteiger partial charge in [0.05, 0.1) is 32.7 Å². The van der Waals surface area contributed by atoms with Crippen molar-refractivity contribution in [3.63, 3.8) is 0 Å². The van der Waals surface area contributed by atoms with E-state index in [0.717, 1.165) is 36.5 Å². The monoisotopic (exact) mass is 449 g/mol. The van der Waals surface area contributed by atoms with Gasteiger partial charge < -0.3 is 24.7 Å². The Balaban J connectivity index is 1.32. The second-order valence-corrected chi connectivity index (χ2v) is 8.06. The van der Waals surface area contributed by atoms with Gasteiger partial charge in [-0.1, -0.05) is 36.4 Å². The average Bonchev–Trinajstić information content (AvgIpc) is 3.37. The molecule has 8 heteroatoms. The van der Waals surface area contributed by atoms with Crippen molar-refractivity contribution >= 4 is 6.03 Å². The largest absolute Gasteiger partial charge is 0.497 e. The van der Waals surface area contributed by atoms with Gasteiger partial charge in [-0.05, 0) is 28.8 Å². The first-order valence-electron chi connectivity index (χ1n) is 11.2. The van der Waals surface area contributed by atoms with Crippen LogP contribution in [0.3, 0.4) is 0 Å². The van der Waals surface area contributed by atoms with Crippen molar-refractivity contribution in [1.29, 1.82) is 0 Å². The van der Waals surface area contributed by atoms with E-state index in [0.29, 0.717) is 26.3 Å². The molecule has 174 valence electrons. The normalized spacial score (nSPS) is 15.1. The minimum absolute atomic E-state index is 0.0732. The number of benzene rings is 2. The molecule has 0 bridgehead atoms. The summed E-state index contributed by atoms with van der Waals surface area (Å²) < 4.78 is 12.8. The maximum absolute atomic E-state index is 12.6. The number of ether oxygens (including phenoxy) is 2. The molecular weight excluding hydrogens is 418 g/mol. The van der Waals surface area contributed by atoms with Crippen molar-refractivity contribution < 1.29 is 14.3 Å². The molecule has 2 amide bonds. The summed E-state index contributed by atoms with van der Waals surface area (Å²) in [5.74, 6) is 0.820. The molecule has 0 aliphatic carbocycles. The Morgan fingerprint density at radius 2 is 1.91 bits per heavy atom. The van der Waals surface area contributed by atoms with E-state index in [-0.39, 0.29) is 12.1 Å². The number of rotatable bonds is 9. The standard InChI is InChI=1S/C25H31N5O3/c1-32-23-7-5-22(6-8-23)24(30-11-13-33-14-12-30)17-28-25(31)27-16-20-3-2-4-21(15-20)18-29-10-9-26-19-29/h2-10,15,19,24H,11-14,16-18H2,1H3,(H2,27,28,31). The number of carbonyl (C=O) groups excluding carboxylic acids is 1. The Morgan fingerprint density at radius 1 is 1.12 bits per heavy atom. The number of nitrogens with one attached hydrogen (secondary N) is 2. The van der Waals surface area contributed by atoms with E-state index in [4.69, 9.17) is 9.47 Å². The van der Waals surface area contributed by atoms with E-state index < -0.39 is 0 Å². The van der Waals surface area contributed by atoms with Crippen LogP contribution >= 0.6 is 0 Å². The highest BCUT2D eigenvalue weighted by Gasteiger charge is 2.23. The first-order chi connectivity index (χ1) is 16.2. The van der Waals surface area contributed by atoms with E-state index in [1.54, 1.807) is 19.6 Å². The molecule has 33 heavy (non-hydrogen) atoms. The summed E-state index contributed by atoms with van der Waals surface area (Å²) >= 11 is 0. The highest BCUT2D eigenvalue weighted by molar-refractivity contribution is 5.73. The molecular formula is C25H31N5O3. The molecule has 2 aromatic carbocycles. The van der Waals surface area contributed by atoms with Crippen LogP contribution in [0, 0.1) is 0 Å². The zero-order valence-corrected chi connectivity index (χ0v) is 18.9. The second kappa shape index (κ2) is 11.5. The van der Waals surface area contributed by atoms with Crippen molar-refractivity contribution in [2.75, 3.05) is 40.0 Å². The van der Waals surface area contributed by atoms with Crippen LogP contribution in [0.25, 0.3) is 0 Å². The van der Waals surface area contributed by atoms with Crippen LogP contribution in [0.1, 0.15) is 22.7 Å².